The fourth-order valence-electron chi connectivity index (χ4n) is 1.55. The molecule has 1 atom stereocenters. The summed E-state index contributed by atoms with van der Waals surface area (Å²) in [6, 6.07) is 7.55. The molecule has 0 aromatic heterocycles. The van der Waals surface area contributed by atoms with Crippen molar-refractivity contribution in [3.05, 3.63) is 29.8 Å². The van der Waals surface area contributed by atoms with Gasteiger partial charge >= 0.3 is 0 Å². The van der Waals surface area contributed by atoms with E-state index in [1.54, 1.807) is 6.26 Å². The van der Waals surface area contributed by atoms with Crippen molar-refractivity contribution >= 4 is 16.8 Å². The van der Waals surface area contributed by atoms with Gasteiger partial charge in [0.05, 0.1) is 6.54 Å². The van der Waals surface area contributed by atoms with Crippen LogP contribution in [0.25, 0.3) is 0 Å². The second-order valence-corrected chi connectivity index (χ2v) is 5.66. The van der Waals surface area contributed by atoms with Crippen LogP contribution in [0, 0.1) is 0 Å². The molecule has 0 radical (unpaired) electrons. The Balaban J connectivity index is 2.33. The van der Waals surface area contributed by atoms with Gasteiger partial charge in [0.2, 0.25) is 0 Å². The standard InChI is InChI=1S/C14H23N3O2S/c1-3-19-10-4-9-16-14(15)17-11-12-5-7-13(8-6-12)20(2)18/h5-8H,3-4,9-11H2,1-2H3,(H3,15,16,17). The van der Waals surface area contributed by atoms with Crippen molar-refractivity contribution in [3.63, 3.8) is 0 Å². The van der Waals surface area contributed by atoms with Crippen LogP contribution in [0.1, 0.15) is 18.9 Å². The third-order valence-electron chi connectivity index (χ3n) is 2.66. The van der Waals surface area contributed by atoms with Crippen molar-refractivity contribution in [2.24, 2.45) is 10.7 Å². The molecule has 0 fully saturated rings. The Kier molecular flexibility index (Phi) is 7.91. The highest BCUT2D eigenvalue weighted by atomic mass is 32.2. The van der Waals surface area contributed by atoms with Gasteiger partial charge in [0.1, 0.15) is 0 Å². The summed E-state index contributed by atoms with van der Waals surface area (Å²) in [7, 11) is -0.942. The third kappa shape index (κ3) is 6.68. The van der Waals surface area contributed by atoms with Gasteiger partial charge in [0.25, 0.3) is 0 Å². The zero-order valence-electron chi connectivity index (χ0n) is 12.1. The normalized spacial score (nSPS) is 13.2. The first-order valence-electron chi connectivity index (χ1n) is 6.67. The van der Waals surface area contributed by atoms with Crippen molar-refractivity contribution in [2.75, 3.05) is 26.0 Å². The van der Waals surface area contributed by atoms with Gasteiger partial charge < -0.3 is 15.8 Å². The van der Waals surface area contributed by atoms with Crippen LogP contribution in [-0.2, 0) is 22.1 Å². The Bertz CT molecular complexity index is 446. The van der Waals surface area contributed by atoms with Crippen LogP contribution in [0.3, 0.4) is 0 Å². The maximum Gasteiger partial charge on any atom is 0.188 e. The highest BCUT2D eigenvalue weighted by Gasteiger charge is 1.98. The first-order chi connectivity index (χ1) is 9.63. The molecule has 1 aromatic carbocycles. The van der Waals surface area contributed by atoms with E-state index in [1.165, 1.54) is 0 Å². The first kappa shape index (κ1) is 16.7. The lowest BCUT2D eigenvalue weighted by Gasteiger charge is -2.06. The Morgan fingerprint density at radius 3 is 2.70 bits per heavy atom. The van der Waals surface area contributed by atoms with E-state index >= 15 is 0 Å². The van der Waals surface area contributed by atoms with Crippen LogP contribution < -0.4 is 11.1 Å². The van der Waals surface area contributed by atoms with Crippen LogP contribution in [0.4, 0.5) is 0 Å². The van der Waals surface area contributed by atoms with Crippen LogP contribution in [0.2, 0.25) is 0 Å². The second-order valence-electron chi connectivity index (χ2n) is 4.28. The van der Waals surface area contributed by atoms with Gasteiger partial charge in [-0.05, 0) is 31.0 Å². The highest BCUT2D eigenvalue weighted by Crippen LogP contribution is 2.08. The number of nitrogens with one attached hydrogen (secondary N) is 1. The molecule has 0 aliphatic heterocycles. The molecule has 20 heavy (non-hydrogen) atoms. The van der Waals surface area contributed by atoms with Gasteiger partial charge in [-0.3, -0.25) is 4.21 Å². The van der Waals surface area contributed by atoms with Gasteiger partial charge in [0, 0.05) is 41.7 Å². The number of hydrogen-bond acceptors (Lipinski definition) is 3. The van der Waals surface area contributed by atoms with Crippen molar-refractivity contribution in [2.45, 2.75) is 24.8 Å². The van der Waals surface area contributed by atoms with Gasteiger partial charge in [0.15, 0.2) is 5.96 Å². The number of aliphatic imine (C=N–C) groups is 1. The maximum atomic E-state index is 11.3. The van der Waals surface area contributed by atoms with Crippen LogP contribution in [-0.4, -0.2) is 36.2 Å². The van der Waals surface area contributed by atoms with Gasteiger partial charge in [-0.25, -0.2) is 4.99 Å². The summed E-state index contributed by atoms with van der Waals surface area (Å²) < 4.78 is 16.5. The van der Waals surface area contributed by atoms with E-state index in [4.69, 9.17) is 10.5 Å². The summed E-state index contributed by atoms with van der Waals surface area (Å²) in [6.45, 7) is 4.71. The molecule has 0 saturated carbocycles. The summed E-state index contributed by atoms with van der Waals surface area (Å²) in [4.78, 5) is 5.07. The molecule has 0 aliphatic carbocycles. The predicted octanol–water partition coefficient (Wildman–Crippen LogP) is 1.25. The maximum absolute atomic E-state index is 11.3. The molecule has 112 valence electrons. The number of benzene rings is 1. The summed E-state index contributed by atoms with van der Waals surface area (Å²) in [5.41, 5.74) is 6.80. The smallest absolute Gasteiger partial charge is 0.188 e. The predicted molar refractivity (Wildman–Crippen MR) is 83.2 cm³/mol. The third-order valence-corrected chi connectivity index (χ3v) is 3.60. The molecule has 1 aromatic rings. The summed E-state index contributed by atoms with van der Waals surface area (Å²) in [5, 5.41) is 3.04. The first-order valence-corrected chi connectivity index (χ1v) is 8.23. The molecule has 6 heteroatoms. The van der Waals surface area contributed by atoms with Crippen LogP contribution >= 0.6 is 0 Å². The van der Waals surface area contributed by atoms with E-state index in [0.29, 0.717) is 12.5 Å². The number of nitrogens with two attached hydrogens (primary N) is 1. The van der Waals surface area contributed by atoms with Crippen LogP contribution in [0.5, 0.6) is 0 Å². The van der Waals surface area contributed by atoms with Crippen molar-refractivity contribution < 1.29 is 8.95 Å². The molecule has 0 heterocycles. The average molecular weight is 297 g/mol. The topological polar surface area (TPSA) is 76.7 Å². The fourth-order valence-corrected chi connectivity index (χ4v) is 2.07. The fraction of sp³-hybridized carbons (Fsp3) is 0.500. The van der Waals surface area contributed by atoms with E-state index < -0.39 is 10.8 Å². The Morgan fingerprint density at radius 1 is 1.40 bits per heavy atom. The molecule has 1 rings (SSSR count). The summed E-state index contributed by atoms with van der Waals surface area (Å²) in [6.07, 6.45) is 2.57. The van der Waals surface area contributed by atoms with Gasteiger partial charge in [-0.2, -0.15) is 0 Å². The van der Waals surface area contributed by atoms with E-state index in [9.17, 15) is 4.21 Å². The Labute approximate surface area is 123 Å². The lowest BCUT2D eigenvalue weighted by Crippen LogP contribution is -2.32. The van der Waals surface area contributed by atoms with Crippen molar-refractivity contribution in [1.29, 1.82) is 0 Å². The highest BCUT2D eigenvalue weighted by molar-refractivity contribution is 7.84. The lowest BCUT2D eigenvalue weighted by molar-refractivity contribution is 0.145. The number of hydrogen-bond donors (Lipinski definition) is 2. The SMILES string of the molecule is CCOCCCNC(N)=NCc1ccc(S(C)=O)cc1. The van der Waals surface area contributed by atoms with Gasteiger partial charge in [-0.1, -0.05) is 12.1 Å². The zero-order valence-corrected chi connectivity index (χ0v) is 12.9. The summed E-state index contributed by atoms with van der Waals surface area (Å²) >= 11 is 0. The Hall–Kier alpha value is -1.40. The minimum Gasteiger partial charge on any atom is -0.382 e. The number of guanidine groups is 1. The molecule has 1 unspecified atom stereocenters. The second kappa shape index (κ2) is 9.50. The molecular weight excluding hydrogens is 274 g/mol. The Morgan fingerprint density at radius 2 is 2.10 bits per heavy atom. The number of nitrogens with zero attached hydrogens (tertiary/aromatic N) is 1. The quantitative estimate of drug-likeness (QED) is 0.430. The van der Waals surface area contributed by atoms with E-state index in [-0.39, 0.29) is 0 Å². The minimum atomic E-state index is -0.942. The van der Waals surface area contributed by atoms with Crippen molar-refractivity contribution in [1.82, 2.24) is 5.32 Å². The molecular formula is C14H23N3O2S. The van der Waals surface area contributed by atoms with Crippen molar-refractivity contribution in [3.8, 4) is 0 Å². The molecule has 3 N–H and O–H groups in total. The van der Waals surface area contributed by atoms with E-state index in [0.717, 1.165) is 36.6 Å². The summed E-state index contributed by atoms with van der Waals surface area (Å²) in [5.74, 6) is 0.435. The molecule has 5 nitrogen and oxygen atoms in total. The largest absolute Gasteiger partial charge is 0.382 e. The zero-order chi connectivity index (χ0) is 14.8. The average Bonchev–Trinajstić information content (AvgIpc) is 2.45. The molecule has 0 aliphatic rings. The molecule has 0 bridgehead atoms. The molecule has 0 amide bonds. The lowest BCUT2D eigenvalue weighted by atomic mass is 10.2. The minimum absolute atomic E-state index is 0.435. The van der Waals surface area contributed by atoms with Gasteiger partial charge in [-0.15, -0.1) is 0 Å². The number of ether oxygens (including phenoxy) is 1. The number of rotatable bonds is 8. The van der Waals surface area contributed by atoms with E-state index in [1.807, 2.05) is 31.2 Å². The van der Waals surface area contributed by atoms with Crippen LogP contribution in [0.15, 0.2) is 34.2 Å². The monoisotopic (exact) mass is 297 g/mol. The molecule has 0 spiro atoms. The van der Waals surface area contributed by atoms with E-state index in [2.05, 4.69) is 10.3 Å². The molecule has 0 saturated heterocycles.